The second-order valence-corrected chi connectivity index (χ2v) is 4.77. The summed E-state index contributed by atoms with van der Waals surface area (Å²) in [5.74, 6) is -2.27. The maximum atomic E-state index is 12.2. The van der Waals surface area contributed by atoms with Gasteiger partial charge in [0.1, 0.15) is 6.04 Å². The van der Waals surface area contributed by atoms with E-state index in [9.17, 15) is 14.4 Å². The molecule has 0 saturated carbocycles. The second-order valence-electron chi connectivity index (χ2n) is 4.77. The van der Waals surface area contributed by atoms with Crippen LogP contribution in [0.2, 0.25) is 0 Å². The number of hydrogen-bond donors (Lipinski definition) is 2. The number of nitrogens with two attached hydrogens (primary N) is 1. The van der Waals surface area contributed by atoms with E-state index >= 15 is 0 Å². The van der Waals surface area contributed by atoms with Crippen LogP contribution in [0.25, 0.3) is 0 Å². The van der Waals surface area contributed by atoms with Crippen LogP contribution in [-0.4, -0.2) is 30.9 Å². The summed E-state index contributed by atoms with van der Waals surface area (Å²) in [5.41, 5.74) is 5.67. The van der Waals surface area contributed by atoms with E-state index in [1.54, 1.807) is 6.92 Å². The summed E-state index contributed by atoms with van der Waals surface area (Å²) in [6, 6.07) is 6.85. The van der Waals surface area contributed by atoms with Crippen molar-refractivity contribution in [3.05, 3.63) is 35.4 Å². The monoisotopic (exact) mass is 303 g/mol. The van der Waals surface area contributed by atoms with E-state index in [-0.39, 0.29) is 17.5 Å². The normalized spacial score (nSPS) is 12.6. The molecule has 2 atom stereocenters. The minimum atomic E-state index is -0.964. The van der Waals surface area contributed by atoms with Gasteiger partial charge in [-0.05, 0) is 24.1 Å². The van der Waals surface area contributed by atoms with E-state index in [1.807, 2.05) is 6.07 Å². The van der Waals surface area contributed by atoms with Gasteiger partial charge in [0, 0.05) is 12.0 Å². The number of nitrogens with one attached hydrogen (secondary N) is 1. The molecule has 0 aliphatic rings. The molecule has 0 radical (unpaired) electrons. The quantitative estimate of drug-likeness (QED) is 0.745. The number of carbonyl (C=O) groups excluding carboxylic acids is 3. The van der Waals surface area contributed by atoms with Crippen LogP contribution in [0.15, 0.2) is 24.3 Å². The molecule has 0 aliphatic carbocycles. The molecule has 0 aliphatic heterocycles. The third kappa shape index (κ3) is 4.31. The molecule has 7 heteroatoms. The fourth-order valence-corrected chi connectivity index (χ4v) is 1.89. The van der Waals surface area contributed by atoms with Crippen LogP contribution in [-0.2, 0) is 9.53 Å². The Kier molecular flexibility index (Phi) is 6.08. The standard InChI is InChI=1S/C15H17N3O4/c1-9(6-7-16)12(13(17)19)18-14(20)10-4-3-5-11(8-10)15(21)22-2/h3-5,8-9,12H,6H2,1-2H3,(H2,17,19)(H,18,20)/t9-,12-/m1/s1. The molecule has 7 nitrogen and oxygen atoms in total. The first-order valence-electron chi connectivity index (χ1n) is 6.56. The van der Waals surface area contributed by atoms with Gasteiger partial charge in [0.05, 0.1) is 18.7 Å². The van der Waals surface area contributed by atoms with Crippen LogP contribution in [0.1, 0.15) is 34.1 Å². The molecule has 1 aromatic rings. The first-order valence-corrected chi connectivity index (χ1v) is 6.56. The number of benzene rings is 1. The molecule has 1 aromatic carbocycles. The molecule has 22 heavy (non-hydrogen) atoms. The number of carbonyl (C=O) groups is 3. The number of amides is 2. The van der Waals surface area contributed by atoms with Crippen molar-refractivity contribution in [1.82, 2.24) is 5.32 Å². The van der Waals surface area contributed by atoms with Gasteiger partial charge in [-0.1, -0.05) is 13.0 Å². The number of esters is 1. The van der Waals surface area contributed by atoms with Crippen molar-refractivity contribution in [3.8, 4) is 6.07 Å². The van der Waals surface area contributed by atoms with Gasteiger partial charge in [-0.15, -0.1) is 0 Å². The zero-order valence-corrected chi connectivity index (χ0v) is 12.3. The van der Waals surface area contributed by atoms with Crippen molar-refractivity contribution in [2.45, 2.75) is 19.4 Å². The van der Waals surface area contributed by atoms with Crippen LogP contribution in [0, 0.1) is 17.2 Å². The maximum Gasteiger partial charge on any atom is 0.337 e. The zero-order chi connectivity index (χ0) is 16.7. The average molecular weight is 303 g/mol. The Labute approximate surface area is 128 Å². The lowest BCUT2D eigenvalue weighted by atomic mass is 9.98. The lowest BCUT2D eigenvalue weighted by molar-refractivity contribution is -0.120. The minimum absolute atomic E-state index is 0.0795. The zero-order valence-electron chi connectivity index (χ0n) is 12.3. The highest BCUT2D eigenvalue weighted by Gasteiger charge is 2.25. The Balaban J connectivity index is 2.93. The SMILES string of the molecule is COC(=O)c1cccc(C(=O)N[C@@H](C(N)=O)[C@H](C)CC#N)c1. The van der Waals surface area contributed by atoms with Crippen molar-refractivity contribution < 1.29 is 19.1 Å². The van der Waals surface area contributed by atoms with E-state index in [4.69, 9.17) is 11.0 Å². The summed E-state index contributed by atoms with van der Waals surface area (Å²) < 4.78 is 4.58. The molecule has 0 bridgehead atoms. The van der Waals surface area contributed by atoms with Gasteiger partial charge in [0.2, 0.25) is 5.91 Å². The Morgan fingerprint density at radius 3 is 2.55 bits per heavy atom. The first-order chi connectivity index (χ1) is 10.4. The number of rotatable bonds is 6. The molecule has 0 fully saturated rings. The first kappa shape index (κ1) is 17.2. The van der Waals surface area contributed by atoms with Gasteiger partial charge in [-0.2, -0.15) is 5.26 Å². The van der Waals surface area contributed by atoms with E-state index < -0.39 is 29.7 Å². The highest BCUT2D eigenvalue weighted by molar-refractivity contribution is 5.99. The molecule has 3 N–H and O–H groups in total. The third-order valence-corrected chi connectivity index (χ3v) is 3.12. The van der Waals surface area contributed by atoms with E-state index in [2.05, 4.69) is 10.1 Å². The van der Waals surface area contributed by atoms with Crippen molar-refractivity contribution in [2.24, 2.45) is 11.7 Å². The van der Waals surface area contributed by atoms with Gasteiger partial charge in [-0.25, -0.2) is 4.79 Å². The van der Waals surface area contributed by atoms with E-state index in [0.717, 1.165) is 0 Å². The Morgan fingerprint density at radius 1 is 1.36 bits per heavy atom. The summed E-state index contributed by atoms with van der Waals surface area (Å²) in [6.07, 6.45) is 0.0795. The number of nitrogens with zero attached hydrogens (tertiary/aromatic N) is 1. The molecule has 0 saturated heterocycles. The smallest absolute Gasteiger partial charge is 0.337 e. The van der Waals surface area contributed by atoms with Gasteiger partial charge >= 0.3 is 5.97 Å². The summed E-state index contributed by atoms with van der Waals surface area (Å²) in [4.78, 5) is 35.1. The van der Waals surface area contributed by atoms with Crippen molar-refractivity contribution in [3.63, 3.8) is 0 Å². The Hall–Kier alpha value is -2.88. The predicted octanol–water partition coefficient (Wildman–Crippen LogP) is 0.607. The third-order valence-electron chi connectivity index (χ3n) is 3.12. The summed E-state index contributed by atoms with van der Waals surface area (Å²) in [5, 5.41) is 11.2. The molecule has 0 aromatic heterocycles. The fraction of sp³-hybridized carbons (Fsp3) is 0.333. The van der Waals surface area contributed by atoms with E-state index in [1.165, 1.54) is 31.4 Å². The summed E-state index contributed by atoms with van der Waals surface area (Å²) in [6.45, 7) is 1.64. The molecule has 116 valence electrons. The number of ether oxygens (including phenoxy) is 1. The average Bonchev–Trinajstić information content (AvgIpc) is 2.51. The molecule has 2 amide bonds. The molecule has 0 heterocycles. The van der Waals surface area contributed by atoms with Crippen LogP contribution in [0.5, 0.6) is 0 Å². The van der Waals surface area contributed by atoms with Gasteiger partial charge in [-0.3, -0.25) is 9.59 Å². The van der Waals surface area contributed by atoms with Gasteiger partial charge in [0.15, 0.2) is 0 Å². The maximum absolute atomic E-state index is 12.2. The number of primary amides is 1. The summed E-state index contributed by atoms with van der Waals surface area (Å²) in [7, 11) is 1.24. The lowest BCUT2D eigenvalue weighted by Gasteiger charge is -2.20. The molecule has 0 unspecified atom stereocenters. The van der Waals surface area contributed by atoms with Crippen LogP contribution in [0.3, 0.4) is 0 Å². The van der Waals surface area contributed by atoms with Gasteiger partial charge in [0.25, 0.3) is 5.91 Å². The number of nitriles is 1. The van der Waals surface area contributed by atoms with Crippen LogP contribution < -0.4 is 11.1 Å². The van der Waals surface area contributed by atoms with Crippen LogP contribution in [0.4, 0.5) is 0 Å². The Morgan fingerprint density at radius 2 is 2.00 bits per heavy atom. The fourth-order valence-electron chi connectivity index (χ4n) is 1.89. The summed E-state index contributed by atoms with van der Waals surface area (Å²) >= 11 is 0. The van der Waals surface area contributed by atoms with Crippen molar-refractivity contribution >= 4 is 17.8 Å². The molecular weight excluding hydrogens is 286 g/mol. The molecular formula is C15H17N3O4. The largest absolute Gasteiger partial charge is 0.465 e. The van der Waals surface area contributed by atoms with E-state index in [0.29, 0.717) is 0 Å². The number of methoxy groups -OCH3 is 1. The van der Waals surface area contributed by atoms with Crippen molar-refractivity contribution in [1.29, 1.82) is 5.26 Å². The molecule has 1 rings (SSSR count). The van der Waals surface area contributed by atoms with Crippen LogP contribution >= 0.6 is 0 Å². The second kappa shape index (κ2) is 7.78. The molecule has 0 spiro atoms. The topological polar surface area (TPSA) is 122 Å². The predicted molar refractivity (Wildman–Crippen MR) is 77.6 cm³/mol. The number of hydrogen-bond acceptors (Lipinski definition) is 5. The lowest BCUT2D eigenvalue weighted by Crippen LogP contribution is -2.48. The minimum Gasteiger partial charge on any atom is -0.465 e. The van der Waals surface area contributed by atoms with Crippen molar-refractivity contribution in [2.75, 3.05) is 7.11 Å². The van der Waals surface area contributed by atoms with Gasteiger partial charge < -0.3 is 15.8 Å². The highest BCUT2D eigenvalue weighted by atomic mass is 16.5. The highest BCUT2D eigenvalue weighted by Crippen LogP contribution is 2.11. The Bertz CT molecular complexity index is 621.